The van der Waals surface area contributed by atoms with Crippen LogP contribution in [0.3, 0.4) is 0 Å². The minimum Gasteiger partial charge on any atom is -0.305 e. The Balaban J connectivity index is 1.93. The Kier molecular flexibility index (Phi) is 3.00. The number of anilines is 1. The maximum atomic E-state index is 12.6. The second-order valence-corrected chi connectivity index (χ2v) is 4.97. The van der Waals surface area contributed by atoms with E-state index >= 15 is 0 Å². The molecule has 21 heavy (non-hydrogen) atoms. The zero-order valence-corrected chi connectivity index (χ0v) is 11.1. The Morgan fingerprint density at radius 1 is 1.19 bits per heavy atom. The summed E-state index contributed by atoms with van der Waals surface area (Å²) in [6.45, 7) is 2.28. The molecule has 2 heterocycles. The predicted molar refractivity (Wildman–Crippen MR) is 70.1 cm³/mol. The summed E-state index contributed by atoms with van der Waals surface area (Å²) in [6.07, 6.45) is -2.84. The number of amides is 1. The van der Waals surface area contributed by atoms with Gasteiger partial charge in [-0.1, -0.05) is 0 Å². The van der Waals surface area contributed by atoms with Gasteiger partial charge in [0.25, 0.3) is 5.91 Å². The molecule has 0 saturated heterocycles. The minimum absolute atomic E-state index is 0.0324. The van der Waals surface area contributed by atoms with Crippen molar-refractivity contribution in [3.8, 4) is 0 Å². The van der Waals surface area contributed by atoms with Crippen molar-refractivity contribution in [2.24, 2.45) is 0 Å². The standard InChI is InChI=1S/C14H12F3N3O/c1-9-8-19(13(21)12-6-7-18-20(9)12)11-4-2-10(3-5-11)14(15,16)17/h2-7,9H,8H2,1H3/t9-/m1/s1. The van der Waals surface area contributed by atoms with Crippen molar-refractivity contribution in [3.63, 3.8) is 0 Å². The van der Waals surface area contributed by atoms with Crippen LogP contribution in [0, 0.1) is 0 Å². The fourth-order valence-corrected chi connectivity index (χ4v) is 2.45. The van der Waals surface area contributed by atoms with Gasteiger partial charge in [0, 0.05) is 18.4 Å². The lowest BCUT2D eigenvalue weighted by atomic mass is 10.1. The van der Waals surface area contributed by atoms with Gasteiger partial charge in [0.1, 0.15) is 5.69 Å². The van der Waals surface area contributed by atoms with Crippen LogP contribution in [0.2, 0.25) is 0 Å². The first-order valence-corrected chi connectivity index (χ1v) is 6.40. The molecule has 3 rings (SSSR count). The number of alkyl halides is 3. The van der Waals surface area contributed by atoms with Crippen LogP contribution in [0.4, 0.5) is 18.9 Å². The lowest BCUT2D eigenvalue weighted by molar-refractivity contribution is -0.137. The molecule has 110 valence electrons. The Bertz CT molecular complexity index is 676. The zero-order chi connectivity index (χ0) is 15.2. The maximum Gasteiger partial charge on any atom is 0.416 e. The van der Waals surface area contributed by atoms with Crippen molar-refractivity contribution in [3.05, 3.63) is 47.8 Å². The fourth-order valence-electron chi connectivity index (χ4n) is 2.45. The van der Waals surface area contributed by atoms with Crippen LogP contribution >= 0.6 is 0 Å². The molecule has 1 aromatic heterocycles. The molecule has 0 saturated carbocycles. The number of benzene rings is 1. The van der Waals surface area contributed by atoms with Gasteiger partial charge in [0.15, 0.2) is 0 Å². The first-order chi connectivity index (χ1) is 9.88. The van der Waals surface area contributed by atoms with E-state index < -0.39 is 11.7 Å². The highest BCUT2D eigenvalue weighted by molar-refractivity contribution is 6.05. The molecule has 4 nitrogen and oxygen atoms in total. The van der Waals surface area contributed by atoms with Crippen LogP contribution in [0.15, 0.2) is 36.5 Å². The number of rotatable bonds is 1. The van der Waals surface area contributed by atoms with Crippen molar-refractivity contribution in [1.29, 1.82) is 0 Å². The summed E-state index contributed by atoms with van der Waals surface area (Å²) >= 11 is 0. The van der Waals surface area contributed by atoms with Gasteiger partial charge in [-0.05, 0) is 37.3 Å². The number of halogens is 3. The highest BCUT2D eigenvalue weighted by atomic mass is 19.4. The van der Waals surface area contributed by atoms with E-state index in [4.69, 9.17) is 0 Å². The number of aromatic nitrogens is 2. The van der Waals surface area contributed by atoms with Gasteiger partial charge in [-0.3, -0.25) is 9.48 Å². The summed E-state index contributed by atoms with van der Waals surface area (Å²) in [5, 5.41) is 4.08. The SMILES string of the molecule is C[C@@H]1CN(c2ccc(C(F)(F)F)cc2)C(=O)c2ccnn21. The topological polar surface area (TPSA) is 38.1 Å². The summed E-state index contributed by atoms with van der Waals surface area (Å²) in [6, 6.07) is 6.18. The molecule has 0 aliphatic carbocycles. The first-order valence-electron chi connectivity index (χ1n) is 6.40. The van der Waals surface area contributed by atoms with Crippen molar-refractivity contribution < 1.29 is 18.0 Å². The molecule has 0 N–H and O–H groups in total. The summed E-state index contributed by atoms with van der Waals surface area (Å²) < 4.78 is 39.3. The molecule has 0 bridgehead atoms. The number of nitrogens with zero attached hydrogens (tertiary/aromatic N) is 3. The Hall–Kier alpha value is -2.31. The molecule has 1 aliphatic rings. The smallest absolute Gasteiger partial charge is 0.305 e. The van der Waals surface area contributed by atoms with E-state index in [1.54, 1.807) is 16.9 Å². The molecule has 7 heteroatoms. The molecule has 0 unspecified atom stereocenters. The van der Waals surface area contributed by atoms with Gasteiger partial charge in [-0.2, -0.15) is 18.3 Å². The second-order valence-electron chi connectivity index (χ2n) is 4.97. The lowest BCUT2D eigenvalue weighted by Gasteiger charge is -2.32. The molecule has 1 atom stereocenters. The van der Waals surface area contributed by atoms with Gasteiger partial charge in [0.2, 0.25) is 0 Å². The molecule has 0 radical (unpaired) electrons. The average molecular weight is 295 g/mol. The lowest BCUT2D eigenvalue weighted by Crippen LogP contribution is -2.42. The first kappa shape index (κ1) is 13.7. The van der Waals surface area contributed by atoms with Crippen LogP contribution in [0.5, 0.6) is 0 Å². The van der Waals surface area contributed by atoms with Crippen LogP contribution in [0.25, 0.3) is 0 Å². The predicted octanol–water partition coefficient (Wildman–Crippen LogP) is 3.12. The average Bonchev–Trinajstić information content (AvgIpc) is 2.92. The Morgan fingerprint density at radius 3 is 2.48 bits per heavy atom. The third-order valence-corrected chi connectivity index (χ3v) is 3.51. The monoisotopic (exact) mass is 295 g/mol. The summed E-state index contributed by atoms with van der Waals surface area (Å²) in [4.78, 5) is 13.8. The zero-order valence-electron chi connectivity index (χ0n) is 11.1. The number of carbonyl (C=O) groups is 1. The Morgan fingerprint density at radius 2 is 1.86 bits per heavy atom. The van der Waals surface area contributed by atoms with Crippen molar-refractivity contribution in [2.75, 3.05) is 11.4 Å². The maximum absolute atomic E-state index is 12.6. The van der Waals surface area contributed by atoms with E-state index in [0.717, 1.165) is 12.1 Å². The highest BCUT2D eigenvalue weighted by Crippen LogP contribution is 2.32. The fraction of sp³-hybridized carbons (Fsp3) is 0.286. The third-order valence-electron chi connectivity index (χ3n) is 3.51. The Labute approximate surface area is 118 Å². The van der Waals surface area contributed by atoms with E-state index in [-0.39, 0.29) is 11.9 Å². The number of fused-ring (bicyclic) bond motifs is 1. The largest absolute Gasteiger partial charge is 0.416 e. The van der Waals surface area contributed by atoms with Gasteiger partial charge in [-0.15, -0.1) is 0 Å². The summed E-state index contributed by atoms with van der Waals surface area (Å²) in [7, 11) is 0. The minimum atomic E-state index is -4.38. The van der Waals surface area contributed by atoms with Crippen LogP contribution in [-0.2, 0) is 6.18 Å². The number of hydrogen-bond donors (Lipinski definition) is 0. The van der Waals surface area contributed by atoms with E-state index in [1.165, 1.54) is 17.0 Å². The van der Waals surface area contributed by atoms with Crippen LogP contribution in [-0.4, -0.2) is 22.2 Å². The van der Waals surface area contributed by atoms with Gasteiger partial charge < -0.3 is 4.90 Å². The number of hydrogen-bond acceptors (Lipinski definition) is 2. The third kappa shape index (κ3) is 2.28. The van der Waals surface area contributed by atoms with Gasteiger partial charge in [-0.25, -0.2) is 0 Å². The molecule has 1 aliphatic heterocycles. The van der Waals surface area contributed by atoms with Crippen LogP contribution < -0.4 is 4.90 Å². The van der Waals surface area contributed by atoms with Crippen molar-refractivity contribution in [2.45, 2.75) is 19.1 Å². The van der Waals surface area contributed by atoms with Crippen LogP contribution in [0.1, 0.15) is 29.0 Å². The molecular weight excluding hydrogens is 283 g/mol. The molecule has 0 spiro atoms. The molecule has 0 fully saturated rings. The molecule has 2 aromatic rings. The van der Waals surface area contributed by atoms with Gasteiger partial charge in [0.05, 0.1) is 11.6 Å². The van der Waals surface area contributed by atoms with E-state index in [0.29, 0.717) is 17.9 Å². The second kappa shape index (κ2) is 4.61. The van der Waals surface area contributed by atoms with Crippen molar-refractivity contribution >= 4 is 11.6 Å². The molecular formula is C14H12F3N3O. The summed E-state index contributed by atoms with van der Waals surface area (Å²) in [5.41, 5.74) is 0.162. The number of carbonyl (C=O) groups excluding carboxylic acids is 1. The summed E-state index contributed by atoms with van der Waals surface area (Å²) in [5.74, 6) is -0.259. The normalized spacial score (nSPS) is 18.8. The van der Waals surface area contributed by atoms with E-state index in [1.807, 2.05) is 6.92 Å². The highest BCUT2D eigenvalue weighted by Gasteiger charge is 2.32. The van der Waals surface area contributed by atoms with E-state index in [2.05, 4.69) is 5.10 Å². The molecule has 1 amide bonds. The quantitative estimate of drug-likeness (QED) is 0.810. The molecule has 1 aromatic carbocycles. The van der Waals surface area contributed by atoms with Gasteiger partial charge >= 0.3 is 6.18 Å². The van der Waals surface area contributed by atoms with E-state index in [9.17, 15) is 18.0 Å². The van der Waals surface area contributed by atoms with Crippen molar-refractivity contribution in [1.82, 2.24) is 9.78 Å².